The molecule has 148 valence electrons. The number of carboxylic acids is 1. The fraction of sp³-hybridized carbons (Fsp3) is 0.421. The third-order valence-corrected chi connectivity index (χ3v) is 4.85. The maximum Gasteiger partial charge on any atom is 0.303 e. The van der Waals surface area contributed by atoms with Crippen LogP contribution in [-0.4, -0.2) is 52.2 Å². The number of rotatable bonds is 8. The summed E-state index contributed by atoms with van der Waals surface area (Å²) < 4.78 is 0. The number of hydrogen-bond acceptors (Lipinski definition) is 6. The van der Waals surface area contributed by atoms with Gasteiger partial charge < -0.3 is 10.4 Å². The van der Waals surface area contributed by atoms with Crippen LogP contribution in [-0.2, 0) is 14.4 Å². The van der Waals surface area contributed by atoms with Crippen LogP contribution in [0.2, 0.25) is 0 Å². The number of unbranched alkanes of at least 4 members (excludes halogenated alkanes) is 2. The molecular formula is C19H21N3O6. The highest BCUT2D eigenvalue weighted by molar-refractivity contribution is 6.25. The zero-order chi connectivity index (χ0) is 20.3. The number of hydrogen-bond donors (Lipinski definition) is 3. The molecule has 0 radical (unpaired) electrons. The summed E-state index contributed by atoms with van der Waals surface area (Å²) in [6.45, 7) is 0.524. The number of carbonyl (C=O) groups is 5. The lowest BCUT2D eigenvalue weighted by atomic mass is 10.0. The molecule has 1 unspecified atom stereocenters. The zero-order valence-corrected chi connectivity index (χ0v) is 15.2. The second-order valence-corrected chi connectivity index (χ2v) is 6.81. The van der Waals surface area contributed by atoms with Gasteiger partial charge in [-0.1, -0.05) is 12.5 Å². The van der Waals surface area contributed by atoms with Crippen molar-refractivity contribution in [3.63, 3.8) is 0 Å². The highest BCUT2D eigenvalue weighted by Crippen LogP contribution is 2.32. The average Bonchev–Trinajstić information content (AvgIpc) is 2.90. The van der Waals surface area contributed by atoms with E-state index in [9.17, 15) is 24.0 Å². The van der Waals surface area contributed by atoms with Gasteiger partial charge in [0.1, 0.15) is 6.04 Å². The molecule has 0 aromatic heterocycles. The molecule has 28 heavy (non-hydrogen) atoms. The van der Waals surface area contributed by atoms with E-state index in [4.69, 9.17) is 5.11 Å². The Bertz CT molecular complexity index is 850. The third-order valence-electron chi connectivity index (χ3n) is 4.85. The van der Waals surface area contributed by atoms with Gasteiger partial charge in [0, 0.05) is 25.1 Å². The Morgan fingerprint density at radius 3 is 2.64 bits per heavy atom. The Morgan fingerprint density at radius 1 is 1.14 bits per heavy atom. The Balaban J connectivity index is 1.69. The molecule has 0 saturated carbocycles. The lowest BCUT2D eigenvalue weighted by molar-refractivity contribution is -0.138. The number of amides is 4. The first-order valence-corrected chi connectivity index (χ1v) is 9.20. The van der Waals surface area contributed by atoms with Crippen LogP contribution in [0.25, 0.3) is 0 Å². The maximum absolute atomic E-state index is 12.9. The molecule has 1 aromatic carbocycles. The van der Waals surface area contributed by atoms with Crippen molar-refractivity contribution in [1.82, 2.24) is 10.2 Å². The van der Waals surface area contributed by atoms with Crippen LogP contribution in [0.1, 0.15) is 59.2 Å². The normalized spacial score (nSPS) is 18.9. The van der Waals surface area contributed by atoms with Gasteiger partial charge in [-0.2, -0.15) is 0 Å². The standard InChI is InChI=1S/C19H21N3O6/c23-14-9-8-13(17(26)21-14)22-18(27)11-5-4-6-12(16(11)19(22)28)20-10-3-1-2-7-15(24)25/h4-6,13,20H,1-3,7-10H2,(H,24,25)(H,21,23,26). The van der Waals surface area contributed by atoms with Crippen LogP contribution in [0.4, 0.5) is 5.69 Å². The summed E-state index contributed by atoms with van der Waals surface area (Å²) in [5.41, 5.74) is 0.956. The van der Waals surface area contributed by atoms with E-state index in [1.165, 1.54) is 0 Å². The molecule has 0 aliphatic carbocycles. The van der Waals surface area contributed by atoms with Gasteiger partial charge in [-0.15, -0.1) is 0 Å². The Labute approximate surface area is 161 Å². The van der Waals surface area contributed by atoms with Crippen LogP contribution in [0.5, 0.6) is 0 Å². The highest BCUT2D eigenvalue weighted by atomic mass is 16.4. The first-order valence-electron chi connectivity index (χ1n) is 9.20. The van der Waals surface area contributed by atoms with Gasteiger partial charge in [0.2, 0.25) is 11.8 Å². The summed E-state index contributed by atoms with van der Waals surface area (Å²) in [6, 6.07) is 3.90. The second-order valence-electron chi connectivity index (χ2n) is 6.81. The van der Waals surface area contributed by atoms with Crippen LogP contribution < -0.4 is 10.6 Å². The van der Waals surface area contributed by atoms with Crippen molar-refractivity contribution in [3.8, 4) is 0 Å². The van der Waals surface area contributed by atoms with E-state index < -0.39 is 35.6 Å². The smallest absolute Gasteiger partial charge is 0.303 e. The SMILES string of the molecule is O=C(O)CCCCCNc1cccc2c1C(=O)N(C1CCC(=O)NC1=O)C2=O. The summed E-state index contributed by atoms with van der Waals surface area (Å²) in [5, 5.41) is 13.9. The number of aliphatic carboxylic acids is 1. The number of benzene rings is 1. The number of imide groups is 2. The topological polar surface area (TPSA) is 133 Å². The zero-order valence-electron chi connectivity index (χ0n) is 15.2. The molecule has 1 fully saturated rings. The van der Waals surface area contributed by atoms with E-state index >= 15 is 0 Å². The first kappa shape index (κ1) is 19.5. The van der Waals surface area contributed by atoms with E-state index in [2.05, 4.69) is 10.6 Å². The van der Waals surface area contributed by atoms with Crippen LogP contribution >= 0.6 is 0 Å². The number of nitrogens with zero attached hydrogens (tertiary/aromatic N) is 1. The molecule has 3 N–H and O–H groups in total. The summed E-state index contributed by atoms with van der Waals surface area (Å²) in [4.78, 5) is 60.5. The fourth-order valence-corrected chi connectivity index (χ4v) is 3.46. The van der Waals surface area contributed by atoms with Gasteiger partial charge in [0.25, 0.3) is 11.8 Å². The minimum absolute atomic E-state index is 0.0747. The van der Waals surface area contributed by atoms with Crippen LogP contribution in [0.3, 0.4) is 0 Å². The highest BCUT2D eigenvalue weighted by Gasteiger charge is 2.45. The van der Waals surface area contributed by atoms with E-state index in [1.54, 1.807) is 18.2 Å². The Hall–Kier alpha value is -3.23. The third kappa shape index (κ3) is 3.88. The lowest BCUT2D eigenvalue weighted by Crippen LogP contribution is -2.54. The Morgan fingerprint density at radius 2 is 1.93 bits per heavy atom. The van der Waals surface area contributed by atoms with Crippen molar-refractivity contribution < 1.29 is 29.1 Å². The van der Waals surface area contributed by atoms with Crippen molar-refractivity contribution in [1.29, 1.82) is 0 Å². The molecule has 9 heteroatoms. The molecule has 1 saturated heterocycles. The molecule has 0 spiro atoms. The largest absolute Gasteiger partial charge is 0.481 e. The van der Waals surface area contributed by atoms with Crippen molar-refractivity contribution >= 4 is 35.3 Å². The fourth-order valence-electron chi connectivity index (χ4n) is 3.46. The molecule has 4 amide bonds. The first-order chi connectivity index (χ1) is 13.4. The lowest BCUT2D eigenvalue weighted by Gasteiger charge is -2.27. The molecule has 9 nitrogen and oxygen atoms in total. The summed E-state index contributed by atoms with van der Waals surface area (Å²) in [7, 11) is 0. The van der Waals surface area contributed by atoms with E-state index in [1.807, 2.05) is 0 Å². The number of nitrogens with one attached hydrogen (secondary N) is 2. The number of piperidine rings is 1. The van der Waals surface area contributed by atoms with Crippen LogP contribution in [0, 0.1) is 0 Å². The van der Waals surface area contributed by atoms with Gasteiger partial charge in [0.15, 0.2) is 0 Å². The minimum atomic E-state index is -0.992. The van der Waals surface area contributed by atoms with Crippen LogP contribution in [0.15, 0.2) is 18.2 Å². The quantitative estimate of drug-likeness (QED) is 0.450. The number of fused-ring (bicyclic) bond motifs is 1. The number of anilines is 1. The average molecular weight is 387 g/mol. The minimum Gasteiger partial charge on any atom is -0.481 e. The van der Waals surface area contributed by atoms with Crippen molar-refractivity contribution in [2.24, 2.45) is 0 Å². The van der Waals surface area contributed by atoms with E-state index in [-0.39, 0.29) is 30.4 Å². The molecule has 2 heterocycles. The van der Waals surface area contributed by atoms with E-state index in [0.717, 1.165) is 17.7 Å². The second kappa shape index (κ2) is 8.20. The van der Waals surface area contributed by atoms with E-state index in [0.29, 0.717) is 18.7 Å². The maximum atomic E-state index is 12.9. The summed E-state index contributed by atoms with van der Waals surface area (Å²) in [6.07, 6.45) is 2.33. The molecule has 2 aliphatic heterocycles. The molecular weight excluding hydrogens is 366 g/mol. The molecule has 1 atom stereocenters. The van der Waals surface area contributed by atoms with Crippen molar-refractivity contribution in [2.45, 2.75) is 44.6 Å². The summed E-state index contributed by atoms with van der Waals surface area (Å²) in [5.74, 6) is -2.98. The molecule has 3 rings (SSSR count). The number of carboxylic acid groups (broad SMARTS) is 1. The Kier molecular flexibility index (Phi) is 5.72. The summed E-state index contributed by atoms with van der Waals surface area (Å²) >= 11 is 0. The van der Waals surface area contributed by atoms with Gasteiger partial charge >= 0.3 is 5.97 Å². The molecule has 0 bridgehead atoms. The van der Waals surface area contributed by atoms with Gasteiger partial charge in [0.05, 0.1) is 11.1 Å². The van der Waals surface area contributed by atoms with Crippen molar-refractivity contribution in [3.05, 3.63) is 29.3 Å². The predicted octanol–water partition coefficient (Wildman–Crippen LogP) is 1.14. The van der Waals surface area contributed by atoms with Gasteiger partial charge in [-0.05, 0) is 31.4 Å². The predicted molar refractivity (Wildman–Crippen MR) is 97.7 cm³/mol. The molecule has 1 aromatic rings. The van der Waals surface area contributed by atoms with Crippen molar-refractivity contribution in [2.75, 3.05) is 11.9 Å². The van der Waals surface area contributed by atoms with Gasteiger partial charge in [-0.25, -0.2) is 0 Å². The monoisotopic (exact) mass is 387 g/mol. The van der Waals surface area contributed by atoms with Gasteiger partial charge in [-0.3, -0.25) is 34.2 Å². The number of carbonyl (C=O) groups excluding carboxylic acids is 4. The molecule has 2 aliphatic rings.